The van der Waals surface area contributed by atoms with Gasteiger partial charge in [-0.15, -0.1) is 0 Å². The topological polar surface area (TPSA) is 15.3 Å². The van der Waals surface area contributed by atoms with Gasteiger partial charge >= 0.3 is 0 Å². The van der Waals surface area contributed by atoms with Crippen LogP contribution >= 0.6 is 15.9 Å². The van der Waals surface area contributed by atoms with Crippen LogP contribution in [0.15, 0.2) is 53.0 Å². The van der Waals surface area contributed by atoms with E-state index in [9.17, 15) is 0 Å². The fourth-order valence-electron chi connectivity index (χ4n) is 2.78. The van der Waals surface area contributed by atoms with Crippen LogP contribution in [0.4, 0.5) is 11.4 Å². The molecule has 1 heterocycles. The standard InChI is InChI=1S/C17H19BrN2/c18-15-7-3-8-16(13-15)19-10-12-20-11-4-6-14-5-1-2-9-17(14)20/h1-3,5,7-9,13,19H,4,6,10-12H2. The van der Waals surface area contributed by atoms with Crippen LogP contribution in [0, 0.1) is 0 Å². The highest BCUT2D eigenvalue weighted by atomic mass is 79.9. The molecular formula is C17H19BrN2. The van der Waals surface area contributed by atoms with E-state index in [1.54, 1.807) is 0 Å². The molecule has 2 aromatic carbocycles. The predicted molar refractivity (Wildman–Crippen MR) is 89.6 cm³/mol. The normalized spacial score (nSPS) is 13.9. The molecule has 2 aromatic rings. The number of anilines is 2. The highest BCUT2D eigenvalue weighted by Gasteiger charge is 2.15. The van der Waals surface area contributed by atoms with Gasteiger partial charge in [0.15, 0.2) is 0 Å². The average molecular weight is 331 g/mol. The lowest BCUT2D eigenvalue weighted by Gasteiger charge is -2.31. The van der Waals surface area contributed by atoms with Crippen molar-refractivity contribution >= 4 is 27.3 Å². The zero-order valence-electron chi connectivity index (χ0n) is 11.5. The van der Waals surface area contributed by atoms with E-state index < -0.39 is 0 Å². The molecule has 0 saturated carbocycles. The van der Waals surface area contributed by atoms with Gasteiger partial charge < -0.3 is 10.2 Å². The van der Waals surface area contributed by atoms with E-state index in [1.807, 2.05) is 6.07 Å². The molecule has 3 rings (SSSR count). The van der Waals surface area contributed by atoms with Gasteiger partial charge in [-0.1, -0.05) is 40.2 Å². The van der Waals surface area contributed by atoms with Gasteiger partial charge in [-0.25, -0.2) is 0 Å². The van der Waals surface area contributed by atoms with Gasteiger partial charge in [-0.3, -0.25) is 0 Å². The molecule has 0 atom stereocenters. The Balaban J connectivity index is 1.60. The fraction of sp³-hybridized carbons (Fsp3) is 0.294. The number of aryl methyl sites for hydroxylation is 1. The van der Waals surface area contributed by atoms with Gasteiger partial charge in [0.25, 0.3) is 0 Å². The van der Waals surface area contributed by atoms with Crippen LogP contribution in [0.5, 0.6) is 0 Å². The summed E-state index contributed by atoms with van der Waals surface area (Å²) in [6.45, 7) is 3.17. The Kier molecular flexibility index (Phi) is 4.26. The maximum Gasteiger partial charge on any atom is 0.0399 e. The van der Waals surface area contributed by atoms with Crippen molar-refractivity contribution in [3.05, 3.63) is 58.6 Å². The number of nitrogens with zero attached hydrogens (tertiary/aromatic N) is 1. The van der Waals surface area contributed by atoms with E-state index in [0.717, 1.165) is 24.1 Å². The van der Waals surface area contributed by atoms with Gasteiger partial charge in [-0.05, 0) is 42.7 Å². The van der Waals surface area contributed by atoms with E-state index >= 15 is 0 Å². The minimum atomic E-state index is 0.963. The molecule has 0 aliphatic carbocycles. The zero-order valence-corrected chi connectivity index (χ0v) is 13.1. The molecule has 0 amide bonds. The Morgan fingerprint density at radius 3 is 2.90 bits per heavy atom. The van der Waals surface area contributed by atoms with Crippen LogP contribution in [-0.4, -0.2) is 19.6 Å². The molecule has 1 aliphatic rings. The van der Waals surface area contributed by atoms with Crippen molar-refractivity contribution in [2.24, 2.45) is 0 Å². The molecule has 0 radical (unpaired) electrons. The average Bonchev–Trinajstić information content (AvgIpc) is 2.48. The summed E-state index contributed by atoms with van der Waals surface area (Å²) in [5.41, 5.74) is 4.07. The molecule has 20 heavy (non-hydrogen) atoms. The summed E-state index contributed by atoms with van der Waals surface area (Å²) in [6.07, 6.45) is 2.47. The quantitative estimate of drug-likeness (QED) is 0.898. The van der Waals surface area contributed by atoms with Gasteiger partial charge in [0.1, 0.15) is 0 Å². The first-order chi connectivity index (χ1) is 9.83. The van der Waals surface area contributed by atoms with Gasteiger partial charge in [0.2, 0.25) is 0 Å². The molecular weight excluding hydrogens is 312 g/mol. The molecule has 0 fully saturated rings. The van der Waals surface area contributed by atoms with Crippen LogP contribution in [-0.2, 0) is 6.42 Å². The van der Waals surface area contributed by atoms with Crippen LogP contribution in [0.1, 0.15) is 12.0 Å². The summed E-state index contributed by atoms with van der Waals surface area (Å²) >= 11 is 3.50. The van der Waals surface area contributed by atoms with Crippen molar-refractivity contribution in [2.45, 2.75) is 12.8 Å². The maximum absolute atomic E-state index is 3.50. The Morgan fingerprint density at radius 1 is 1.10 bits per heavy atom. The lowest BCUT2D eigenvalue weighted by molar-refractivity contribution is 0.698. The van der Waals surface area contributed by atoms with Crippen molar-refractivity contribution in [3.8, 4) is 0 Å². The van der Waals surface area contributed by atoms with E-state index in [2.05, 4.69) is 68.6 Å². The van der Waals surface area contributed by atoms with Gasteiger partial charge in [0.05, 0.1) is 0 Å². The number of hydrogen-bond donors (Lipinski definition) is 1. The highest BCUT2D eigenvalue weighted by Crippen LogP contribution is 2.26. The van der Waals surface area contributed by atoms with E-state index in [-0.39, 0.29) is 0 Å². The Labute approximate surface area is 128 Å². The monoisotopic (exact) mass is 330 g/mol. The molecule has 0 aromatic heterocycles. The summed E-state index contributed by atoms with van der Waals surface area (Å²) in [7, 11) is 0. The van der Waals surface area contributed by atoms with E-state index in [0.29, 0.717) is 0 Å². The molecule has 3 heteroatoms. The highest BCUT2D eigenvalue weighted by molar-refractivity contribution is 9.10. The first-order valence-electron chi connectivity index (χ1n) is 7.15. The van der Waals surface area contributed by atoms with Crippen LogP contribution in [0.2, 0.25) is 0 Å². The second kappa shape index (κ2) is 6.31. The minimum absolute atomic E-state index is 0.963. The largest absolute Gasteiger partial charge is 0.383 e. The molecule has 1 N–H and O–H groups in total. The zero-order chi connectivity index (χ0) is 13.8. The lowest BCUT2D eigenvalue weighted by atomic mass is 10.0. The number of para-hydroxylation sites is 1. The third kappa shape index (κ3) is 3.15. The molecule has 0 spiro atoms. The van der Waals surface area contributed by atoms with Crippen molar-refractivity contribution < 1.29 is 0 Å². The second-order valence-corrected chi connectivity index (χ2v) is 6.07. The molecule has 104 valence electrons. The predicted octanol–water partition coefficient (Wildman–Crippen LogP) is 4.31. The molecule has 1 aliphatic heterocycles. The van der Waals surface area contributed by atoms with Crippen molar-refractivity contribution in [3.63, 3.8) is 0 Å². The number of hydrogen-bond acceptors (Lipinski definition) is 2. The fourth-order valence-corrected chi connectivity index (χ4v) is 3.18. The molecule has 0 saturated heterocycles. The van der Waals surface area contributed by atoms with Gasteiger partial charge in [0, 0.05) is 35.5 Å². The number of benzene rings is 2. The lowest BCUT2D eigenvalue weighted by Crippen LogP contribution is -2.33. The number of halogens is 1. The Morgan fingerprint density at radius 2 is 2.00 bits per heavy atom. The molecule has 0 unspecified atom stereocenters. The Hall–Kier alpha value is -1.48. The SMILES string of the molecule is Brc1cccc(NCCN2CCCc3ccccc32)c1. The molecule has 0 bridgehead atoms. The third-order valence-corrected chi connectivity index (χ3v) is 4.24. The number of fused-ring (bicyclic) bond motifs is 1. The van der Waals surface area contributed by atoms with E-state index in [4.69, 9.17) is 0 Å². The first kappa shape index (κ1) is 13.5. The van der Waals surface area contributed by atoms with Crippen molar-refractivity contribution in [1.29, 1.82) is 0 Å². The van der Waals surface area contributed by atoms with E-state index in [1.165, 1.54) is 29.8 Å². The van der Waals surface area contributed by atoms with Gasteiger partial charge in [-0.2, -0.15) is 0 Å². The van der Waals surface area contributed by atoms with Crippen LogP contribution in [0.25, 0.3) is 0 Å². The summed E-state index contributed by atoms with van der Waals surface area (Å²) in [4.78, 5) is 2.49. The summed E-state index contributed by atoms with van der Waals surface area (Å²) in [5.74, 6) is 0. The van der Waals surface area contributed by atoms with Crippen molar-refractivity contribution in [2.75, 3.05) is 29.9 Å². The number of nitrogens with one attached hydrogen (secondary N) is 1. The number of rotatable bonds is 4. The van der Waals surface area contributed by atoms with Crippen LogP contribution in [0.3, 0.4) is 0 Å². The summed E-state index contributed by atoms with van der Waals surface area (Å²) < 4.78 is 1.12. The first-order valence-corrected chi connectivity index (χ1v) is 7.94. The molecule has 2 nitrogen and oxygen atoms in total. The maximum atomic E-state index is 3.50. The Bertz CT molecular complexity index is 583. The van der Waals surface area contributed by atoms with Crippen LogP contribution < -0.4 is 10.2 Å². The summed E-state index contributed by atoms with van der Waals surface area (Å²) in [5, 5.41) is 3.49. The third-order valence-electron chi connectivity index (χ3n) is 3.74. The minimum Gasteiger partial charge on any atom is -0.383 e. The summed E-state index contributed by atoms with van der Waals surface area (Å²) in [6, 6.07) is 17.1. The second-order valence-electron chi connectivity index (χ2n) is 5.16. The smallest absolute Gasteiger partial charge is 0.0399 e. The van der Waals surface area contributed by atoms with Crippen molar-refractivity contribution in [1.82, 2.24) is 0 Å².